The molecule has 0 radical (unpaired) electrons. The number of anilines is 5. The summed E-state index contributed by atoms with van der Waals surface area (Å²) in [6.45, 7) is -2.69. The monoisotopic (exact) mass is 662 g/mol. The highest BCUT2D eigenvalue weighted by Crippen LogP contribution is 2.34. The first-order chi connectivity index (χ1) is 20.3. The molecule has 0 fully saturated rings. The summed E-state index contributed by atoms with van der Waals surface area (Å²) < 4.78 is 65.7. The predicted octanol–water partition coefficient (Wildman–Crippen LogP) is -1.21. The first-order valence-electron chi connectivity index (χ1n) is 11.4. The summed E-state index contributed by atoms with van der Waals surface area (Å²) in [5, 5.41) is 74.9. The second-order valence-electron chi connectivity index (χ2n) is 8.74. The Labute approximate surface area is 245 Å². The highest BCUT2D eigenvalue weighted by molar-refractivity contribution is 7.86. The number of nitrogens with zero attached hydrogens (tertiary/aromatic N) is 3. The van der Waals surface area contributed by atoms with E-state index in [2.05, 4.69) is 30.9 Å². The van der Waals surface area contributed by atoms with E-state index in [1.54, 1.807) is 0 Å². The molecule has 0 saturated carbocycles. The number of hydrogen-bond acceptors (Lipinski definition) is 17. The second-order valence-corrected chi connectivity index (χ2v) is 11.5. The van der Waals surface area contributed by atoms with Crippen LogP contribution in [0.2, 0.25) is 0 Å². The van der Waals surface area contributed by atoms with Crippen molar-refractivity contribution in [3.05, 3.63) is 35.4 Å². The van der Waals surface area contributed by atoms with E-state index in [1.165, 1.54) is 0 Å². The zero-order valence-corrected chi connectivity index (χ0v) is 23.2. The molecule has 21 nitrogen and oxygen atoms in total. The maximum absolute atomic E-state index is 11.7. The third kappa shape index (κ3) is 7.35. The number of aromatic carboxylic acids is 2. The lowest BCUT2D eigenvalue weighted by molar-refractivity contribution is 0.0682. The fourth-order valence-corrected chi connectivity index (χ4v) is 4.65. The van der Waals surface area contributed by atoms with E-state index in [0.29, 0.717) is 24.3 Å². The zero-order valence-electron chi connectivity index (χ0n) is 21.6. The molecule has 2 aromatic carbocycles. The number of benzene rings is 2. The van der Waals surface area contributed by atoms with Crippen molar-refractivity contribution >= 4 is 61.4 Å². The lowest BCUT2D eigenvalue weighted by Gasteiger charge is -2.28. The van der Waals surface area contributed by atoms with E-state index in [1.807, 2.05) is 0 Å². The molecule has 0 aliphatic heterocycles. The van der Waals surface area contributed by atoms with Gasteiger partial charge in [0, 0.05) is 11.4 Å². The summed E-state index contributed by atoms with van der Waals surface area (Å²) in [5.41, 5.74) is -4.76. The minimum atomic E-state index is -5.18. The van der Waals surface area contributed by atoms with Gasteiger partial charge < -0.3 is 51.7 Å². The van der Waals surface area contributed by atoms with Crippen LogP contribution in [0.25, 0.3) is 0 Å². The molecule has 23 heteroatoms. The van der Waals surface area contributed by atoms with Gasteiger partial charge in [0.25, 0.3) is 20.2 Å². The van der Waals surface area contributed by atoms with Crippen LogP contribution < -0.4 is 16.0 Å². The smallest absolute Gasteiger partial charge is 0.339 e. The summed E-state index contributed by atoms with van der Waals surface area (Å²) in [7, 11) is -10.4. The number of aromatic hydroxyl groups is 2. The Balaban J connectivity index is 2.22. The Kier molecular flexibility index (Phi) is 9.44. The SMILES string of the molecule is O=C(O)c1cc(Nc2nc(Nc3cc(C(=O)O)c(O)c(S(=O)(=O)O)c3)nc(NC(CO)(CO)CO)n2)cc(S(=O)(=O)O)c1O. The average Bonchev–Trinajstić information content (AvgIpc) is 2.92. The van der Waals surface area contributed by atoms with Gasteiger partial charge in [0.15, 0.2) is 11.5 Å². The fraction of sp³-hybridized carbons (Fsp3) is 0.190. The van der Waals surface area contributed by atoms with Gasteiger partial charge in [-0.1, -0.05) is 0 Å². The van der Waals surface area contributed by atoms with E-state index >= 15 is 0 Å². The molecule has 238 valence electrons. The van der Waals surface area contributed by atoms with Crippen molar-refractivity contribution in [1.29, 1.82) is 0 Å². The van der Waals surface area contributed by atoms with Crippen molar-refractivity contribution in [2.24, 2.45) is 0 Å². The Morgan fingerprint density at radius 3 is 1.30 bits per heavy atom. The number of aliphatic hydroxyl groups excluding tert-OH is 3. The molecule has 1 aromatic heterocycles. The van der Waals surface area contributed by atoms with E-state index in [0.717, 1.165) is 0 Å². The van der Waals surface area contributed by atoms with Crippen molar-refractivity contribution in [3.63, 3.8) is 0 Å². The van der Waals surface area contributed by atoms with Crippen molar-refractivity contribution in [3.8, 4) is 11.5 Å². The van der Waals surface area contributed by atoms with E-state index < -0.39 is 119 Å². The average molecular weight is 663 g/mol. The predicted molar refractivity (Wildman–Crippen MR) is 144 cm³/mol. The third-order valence-electron chi connectivity index (χ3n) is 5.60. The van der Waals surface area contributed by atoms with Crippen LogP contribution in [0, 0.1) is 0 Å². The van der Waals surface area contributed by atoms with Crippen LogP contribution in [0.3, 0.4) is 0 Å². The Bertz CT molecular complexity index is 1720. The van der Waals surface area contributed by atoms with Crippen molar-refractivity contribution < 1.29 is 71.3 Å². The first-order valence-corrected chi connectivity index (χ1v) is 14.3. The molecule has 12 N–H and O–H groups in total. The van der Waals surface area contributed by atoms with Crippen LogP contribution in [0.1, 0.15) is 20.7 Å². The third-order valence-corrected chi connectivity index (χ3v) is 7.33. The quantitative estimate of drug-likeness (QED) is 0.0753. The van der Waals surface area contributed by atoms with Crippen LogP contribution in [0.5, 0.6) is 11.5 Å². The van der Waals surface area contributed by atoms with Crippen LogP contribution >= 0.6 is 0 Å². The second kappa shape index (κ2) is 12.4. The normalized spacial score (nSPS) is 12.0. The number of hydrogen-bond donors (Lipinski definition) is 12. The minimum absolute atomic E-state index is 0.458. The van der Waals surface area contributed by atoms with E-state index in [4.69, 9.17) is 0 Å². The summed E-state index contributed by atoms with van der Waals surface area (Å²) in [6, 6.07) is 2.62. The van der Waals surface area contributed by atoms with Gasteiger partial charge in [0.2, 0.25) is 17.8 Å². The molecule has 0 amide bonds. The number of carboxylic acids is 2. The van der Waals surface area contributed by atoms with Gasteiger partial charge in [0.1, 0.15) is 26.5 Å². The highest BCUT2D eigenvalue weighted by atomic mass is 32.2. The molecular weight excluding hydrogens is 640 g/mol. The zero-order chi connectivity index (χ0) is 33.2. The molecule has 0 aliphatic rings. The van der Waals surface area contributed by atoms with Crippen molar-refractivity contribution in [2.75, 3.05) is 35.8 Å². The minimum Gasteiger partial charge on any atom is -0.506 e. The molecule has 44 heavy (non-hydrogen) atoms. The molecule has 0 bridgehead atoms. The van der Waals surface area contributed by atoms with Crippen LogP contribution in [0.4, 0.5) is 29.2 Å². The summed E-state index contributed by atoms with van der Waals surface area (Å²) >= 11 is 0. The van der Waals surface area contributed by atoms with Gasteiger partial charge in [-0.05, 0) is 24.3 Å². The number of phenols is 2. The van der Waals surface area contributed by atoms with E-state index in [9.17, 15) is 71.3 Å². The largest absolute Gasteiger partial charge is 0.506 e. The molecule has 0 aliphatic carbocycles. The van der Waals surface area contributed by atoms with Gasteiger partial charge in [0.05, 0.1) is 19.8 Å². The van der Waals surface area contributed by atoms with Crippen LogP contribution in [-0.4, -0.2) is 114 Å². The molecule has 0 atom stereocenters. The standard InChI is InChI=1S/C21H22N6O15S2/c28-5-21(6-29,7-30)27-20-25-18(22-8-1-10(16(33)34)14(31)12(3-8)43(37,38)39)24-19(26-20)23-9-2-11(17(35)36)15(32)13(4-9)44(40,41)42/h1-4,28-32H,5-7H2,(H,33,34)(H,35,36)(H,37,38,39)(H,40,41,42)(H3,22,23,24,25,26,27). The Morgan fingerprint density at radius 1 is 0.659 bits per heavy atom. The van der Waals surface area contributed by atoms with Gasteiger partial charge in [-0.15, -0.1) is 0 Å². The molecule has 3 aromatic rings. The molecule has 0 spiro atoms. The maximum Gasteiger partial charge on any atom is 0.339 e. The van der Waals surface area contributed by atoms with Crippen LogP contribution in [-0.2, 0) is 20.2 Å². The molecular formula is C21H22N6O15S2. The Morgan fingerprint density at radius 2 is 1.00 bits per heavy atom. The lowest BCUT2D eigenvalue weighted by Crippen LogP contribution is -2.49. The number of aromatic nitrogens is 3. The number of carbonyl (C=O) groups is 2. The van der Waals surface area contributed by atoms with Crippen molar-refractivity contribution in [2.45, 2.75) is 15.3 Å². The lowest BCUT2D eigenvalue weighted by atomic mass is 10.0. The number of carboxylic acid groups (broad SMARTS) is 2. The Hall–Kier alpha value is -4.91. The molecule has 0 unspecified atom stereocenters. The molecule has 3 rings (SSSR count). The number of aliphatic hydroxyl groups is 3. The number of rotatable bonds is 13. The molecule has 1 heterocycles. The summed E-state index contributed by atoms with van der Waals surface area (Å²) in [6.07, 6.45) is 0. The highest BCUT2D eigenvalue weighted by Gasteiger charge is 2.30. The fourth-order valence-electron chi connectivity index (χ4n) is 3.39. The molecule has 0 saturated heterocycles. The summed E-state index contributed by atoms with van der Waals surface area (Å²) in [5.74, 6) is -8.02. The first kappa shape index (κ1) is 33.6. The van der Waals surface area contributed by atoms with Gasteiger partial charge in [-0.25, -0.2) is 9.59 Å². The van der Waals surface area contributed by atoms with Gasteiger partial charge >= 0.3 is 11.9 Å². The van der Waals surface area contributed by atoms with E-state index in [-0.39, 0.29) is 0 Å². The summed E-state index contributed by atoms with van der Waals surface area (Å²) in [4.78, 5) is 32.3. The van der Waals surface area contributed by atoms with Gasteiger partial charge in [-0.2, -0.15) is 31.8 Å². The maximum atomic E-state index is 11.7. The van der Waals surface area contributed by atoms with Crippen LogP contribution in [0.15, 0.2) is 34.1 Å². The van der Waals surface area contributed by atoms with Crippen molar-refractivity contribution in [1.82, 2.24) is 15.0 Å². The number of nitrogens with one attached hydrogen (secondary N) is 3. The van der Waals surface area contributed by atoms with Gasteiger partial charge in [-0.3, -0.25) is 9.11 Å². The topological polar surface area (TPSA) is 359 Å².